The maximum Gasteiger partial charge on any atom is 0.242 e. The van der Waals surface area contributed by atoms with E-state index in [1.165, 1.54) is 6.42 Å². The van der Waals surface area contributed by atoms with Gasteiger partial charge >= 0.3 is 0 Å². The third-order valence-electron chi connectivity index (χ3n) is 6.00. The summed E-state index contributed by atoms with van der Waals surface area (Å²) in [6.07, 6.45) is 5.84. The molecule has 1 aliphatic rings. The van der Waals surface area contributed by atoms with E-state index in [0.29, 0.717) is 11.6 Å². The lowest BCUT2D eigenvalue weighted by atomic mass is 9.95. The number of rotatable bonds is 7. The Balaban J connectivity index is 1.78. The second-order valence-corrected chi connectivity index (χ2v) is 9.28. The third-order valence-corrected chi connectivity index (χ3v) is 6.23. The second kappa shape index (κ2) is 10.8. The van der Waals surface area contributed by atoms with Crippen molar-refractivity contribution in [2.75, 3.05) is 0 Å². The fourth-order valence-corrected chi connectivity index (χ4v) is 4.64. The summed E-state index contributed by atoms with van der Waals surface area (Å²) in [5.74, 6) is -0.140. The van der Waals surface area contributed by atoms with E-state index in [0.717, 1.165) is 47.9 Å². The van der Waals surface area contributed by atoms with Crippen LogP contribution in [0.5, 0.6) is 0 Å². The van der Waals surface area contributed by atoms with Crippen molar-refractivity contribution in [3.05, 3.63) is 69.7 Å². The fraction of sp³-hybridized carbons (Fsp3) is 0.462. The highest BCUT2D eigenvalue weighted by Gasteiger charge is 2.28. The molecule has 31 heavy (non-hydrogen) atoms. The van der Waals surface area contributed by atoms with E-state index in [1.807, 2.05) is 57.2 Å². The molecule has 1 saturated carbocycles. The highest BCUT2D eigenvalue weighted by Crippen LogP contribution is 2.20. The number of carbonyl (C=O) groups excluding carboxylic acids is 2. The van der Waals surface area contributed by atoms with Gasteiger partial charge in [0.2, 0.25) is 11.8 Å². The Morgan fingerprint density at radius 3 is 2.35 bits per heavy atom. The molecule has 1 fully saturated rings. The highest BCUT2D eigenvalue weighted by atomic mass is 35.5. The minimum absolute atomic E-state index is 0.0590. The molecule has 4 nitrogen and oxygen atoms in total. The van der Waals surface area contributed by atoms with E-state index >= 15 is 0 Å². The van der Waals surface area contributed by atoms with Crippen LogP contribution in [0.4, 0.5) is 0 Å². The summed E-state index contributed by atoms with van der Waals surface area (Å²) >= 11 is 6.16. The highest BCUT2D eigenvalue weighted by molar-refractivity contribution is 6.30. The Morgan fingerprint density at radius 1 is 1.03 bits per heavy atom. The van der Waals surface area contributed by atoms with Crippen molar-refractivity contribution in [3.8, 4) is 0 Å². The van der Waals surface area contributed by atoms with Gasteiger partial charge in [-0.1, -0.05) is 72.3 Å². The topological polar surface area (TPSA) is 49.4 Å². The molecule has 2 aromatic rings. The minimum Gasteiger partial charge on any atom is -0.352 e. The molecule has 1 aliphatic carbocycles. The molecular formula is C26H33ClN2O2. The first kappa shape index (κ1) is 23.3. The van der Waals surface area contributed by atoms with Crippen LogP contribution in [-0.4, -0.2) is 28.8 Å². The van der Waals surface area contributed by atoms with Gasteiger partial charge in [0.05, 0.1) is 6.42 Å². The molecule has 0 aromatic heterocycles. The third kappa shape index (κ3) is 6.83. The molecular weight excluding hydrogens is 408 g/mol. The first-order valence-electron chi connectivity index (χ1n) is 11.2. The Bertz CT molecular complexity index is 901. The van der Waals surface area contributed by atoms with Crippen molar-refractivity contribution in [1.29, 1.82) is 0 Å². The maximum atomic E-state index is 13.4. The molecule has 0 saturated heterocycles. The normalized spacial score (nSPS) is 15.4. The van der Waals surface area contributed by atoms with Crippen LogP contribution in [0, 0.1) is 13.8 Å². The van der Waals surface area contributed by atoms with Crippen molar-refractivity contribution in [1.82, 2.24) is 10.2 Å². The number of nitrogens with zero attached hydrogens (tertiary/aromatic N) is 1. The quantitative estimate of drug-likeness (QED) is 0.629. The Kier molecular flexibility index (Phi) is 8.14. The van der Waals surface area contributed by atoms with E-state index in [9.17, 15) is 9.59 Å². The van der Waals surface area contributed by atoms with Gasteiger partial charge in [-0.25, -0.2) is 0 Å². The Labute approximate surface area is 191 Å². The average Bonchev–Trinajstić information content (AvgIpc) is 2.71. The molecule has 5 heteroatoms. The molecule has 3 rings (SSSR count). The van der Waals surface area contributed by atoms with Crippen molar-refractivity contribution in [2.24, 2.45) is 0 Å². The summed E-state index contributed by atoms with van der Waals surface area (Å²) in [7, 11) is 0. The van der Waals surface area contributed by atoms with Crippen LogP contribution in [-0.2, 0) is 22.6 Å². The van der Waals surface area contributed by atoms with Crippen molar-refractivity contribution in [2.45, 2.75) is 77.9 Å². The summed E-state index contributed by atoms with van der Waals surface area (Å²) in [6, 6.07) is 13.3. The number of halogens is 1. The largest absolute Gasteiger partial charge is 0.352 e. The van der Waals surface area contributed by atoms with Crippen molar-refractivity contribution < 1.29 is 9.59 Å². The molecule has 1 N–H and O–H groups in total. The van der Waals surface area contributed by atoms with Gasteiger partial charge in [-0.2, -0.15) is 0 Å². The predicted octanol–water partition coefficient (Wildman–Crippen LogP) is 5.37. The van der Waals surface area contributed by atoms with Gasteiger partial charge in [-0.05, 0) is 56.9 Å². The van der Waals surface area contributed by atoms with Crippen LogP contribution >= 0.6 is 11.6 Å². The smallest absolute Gasteiger partial charge is 0.242 e. The molecule has 0 bridgehead atoms. The molecule has 0 heterocycles. The number of amides is 2. The number of hydrogen-bond acceptors (Lipinski definition) is 2. The lowest BCUT2D eigenvalue weighted by molar-refractivity contribution is -0.140. The number of carbonyl (C=O) groups is 2. The lowest BCUT2D eigenvalue weighted by Crippen LogP contribution is -2.50. The van der Waals surface area contributed by atoms with Gasteiger partial charge in [0.1, 0.15) is 6.04 Å². The van der Waals surface area contributed by atoms with Crippen LogP contribution in [0.25, 0.3) is 0 Å². The zero-order valence-electron chi connectivity index (χ0n) is 18.8. The SMILES string of the molecule is Cc1cc(C)cc(CC(=O)N(Cc2cccc(Cl)c2)[C@@H](C)C(=O)NC2CCCCC2)c1. The standard InChI is InChI=1S/C26H33ClN2O2/c1-18-12-19(2)14-22(13-18)16-25(30)29(17-21-8-7-9-23(27)15-21)20(3)26(31)28-24-10-5-4-6-11-24/h7-9,12-15,20,24H,4-6,10-11,16-17H2,1-3H3,(H,28,31)/t20-/m0/s1. The van der Waals surface area contributed by atoms with Crippen LogP contribution in [0.15, 0.2) is 42.5 Å². The summed E-state index contributed by atoms with van der Waals surface area (Å²) in [4.78, 5) is 28.1. The summed E-state index contributed by atoms with van der Waals surface area (Å²) in [6.45, 7) is 6.24. The molecule has 1 atom stereocenters. The Morgan fingerprint density at radius 2 is 1.71 bits per heavy atom. The summed E-state index contributed by atoms with van der Waals surface area (Å²) < 4.78 is 0. The van der Waals surface area contributed by atoms with E-state index in [1.54, 1.807) is 4.90 Å². The Hall–Kier alpha value is -2.33. The number of nitrogens with one attached hydrogen (secondary N) is 1. The molecule has 166 valence electrons. The molecule has 0 aliphatic heterocycles. The van der Waals surface area contributed by atoms with Crippen LogP contribution < -0.4 is 5.32 Å². The maximum absolute atomic E-state index is 13.4. The van der Waals surface area contributed by atoms with Gasteiger partial charge in [0.25, 0.3) is 0 Å². The van der Waals surface area contributed by atoms with Crippen LogP contribution in [0.1, 0.15) is 61.3 Å². The number of hydrogen-bond donors (Lipinski definition) is 1. The monoisotopic (exact) mass is 440 g/mol. The molecule has 0 unspecified atom stereocenters. The number of benzene rings is 2. The van der Waals surface area contributed by atoms with Gasteiger partial charge in [0, 0.05) is 17.6 Å². The van der Waals surface area contributed by atoms with Gasteiger partial charge in [0.15, 0.2) is 0 Å². The average molecular weight is 441 g/mol. The molecule has 0 spiro atoms. The predicted molar refractivity (Wildman–Crippen MR) is 126 cm³/mol. The van der Waals surface area contributed by atoms with Crippen LogP contribution in [0.3, 0.4) is 0 Å². The number of aryl methyl sites for hydroxylation is 2. The molecule has 0 radical (unpaired) electrons. The van der Waals surface area contributed by atoms with Crippen molar-refractivity contribution >= 4 is 23.4 Å². The zero-order valence-corrected chi connectivity index (χ0v) is 19.5. The summed E-state index contributed by atoms with van der Waals surface area (Å²) in [5.41, 5.74) is 4.15. The van der Waals surface area contributed by atoms with E-state index in [-0.39, 0.29) is 24.3 Å². The first-order chi connectivity index (χ1) is 14.8. The first-order valence-corrected chi connectivity index (χ1v) is 11.6. The van der Waals surface area contributed by atoms with Crippen molar-refractivity contribution in [3.63, 3.8) is 0 Å². The van der Waals surface area contributed by atoms with Gasteiger partial charge in [-0.15, -0.1) is 0 Å². The van der Waals surface area contributed by atoms with Gasteiger partial charge < -0.3 is 10.2 Å². The second-order valence-electron chi connectivity index (χ2n) is 8.84. The molecule has 2 aromatic carbocycles. The van der Waals surface area contributed by atoms with Crippen LogP contribution in [0.2, 0.25) is 5.02 Å². The zero-order chi connectivity index (χ0) is 22.4. The van der Waals surface area contributed by atoms with E-state index < -0.39 is 6.04 Å². The van der Waals surface area contributed by atoms with E-state index in [4.69, 9.17) is 11.6 Å². The summed E-state index contributed by atoms with van der Waals surface area (Å²) in [5, 5.41) is 3.80. The fourth-order valence-electron chi connectivity index (χ4n) is 4.43. The van der Waals surface area contributed by atoms with E-state index in [2.05, 4.69) is 11.4 Å². The minimum atomic E-state index is -0.556. The molecule has 2 amide bonds. The lowest BCUT2D eigenvalue weighted by Gasteiger charge is -2.31. The van der Waals surface area contributed by atoms with Gasteiger partial charge in [-0.3, -0.25) is 9.59 Å².